The summed E-state index contributed by atoms with van der Waals surface area (Å²) < 4.78 is 2.05. The van der Waals surface area contributed by atoms with E-state index in [1.165, 1.54) is 0 Å². The zero-order valence-electron chi connectivity index (χ0n) is 13.9. The molecule has 1 fully saturated rings. The lowest BCUT2D eigenvalue weighted by molar-refractivity contribution is -0.141. The van der Waals surface area contributed by atoms with Gasteiger partial charge in [0.1, 0.15) is 0 Å². The summed E-state index contributed by atoms with van der Waals surface area (Å²) in [6.45, 7) is 5.37. The number of carbonyl (C=O) groups is 2. The largest absolute Gasteiger partial charge is 0.353 e. The summed E-state index contributed by atoms with van der Waals surface area (Å²) >= 11 is 0. The summed E-state index contributed by atoms with van der Waals surface area (Å²) in [5.41, 5.74) is 1.13. The molecule has 22 heavy (non-hydrogen) atoms. The summed E-state index contributed by atoms with van der Waals surface area (Å²) in [4.78, 5) is 28.3. The fourth-order valence-electron chi connectivity index (χ4n) is 2.68. The maximum Gasteiger partial charge on any atom is 0.242 e. The van der Waals surface area contributed by atoms with Gasteiger partial charge >= 0.3 is 0 Å². The predicted octanol–water partition coefficient (Wildman–Crippen LogP) is 2.16. The van der Waals surface area contributed by atoms with Crippen molar-refractivity contribution in [2.24, 2.45) is 7.05 Å². The lowest BCUT2D eigenvalue weighted by Gasteiger charge is -2.27. The van der Waals surface area contributed by atoms with Crippen molar-refractivity contribution in [3.05, 3.63) is 24.0 Å². The molecule has 1 saturated carbocycles. The van der Waals surface area contributed by atoms with Crippen molar-refractivity contribution < 1.29 is 9.59 Å². The first-order valence-corrected chi connectivity index (χ1v) is 8.24. The first kappa shape index (κ1) is 16.6. The van der Waals surface area contributed by atoms with Crippen LogP contribution >= 0.6 is 0 Å². The standard InChI is InChI=1S/C17H27N3O2/c1-4-10-19(16(21)5-2)13-17(22)20(14-8-9-14)12-15-7-6-11-18(15)3/h6-7,11,14H,4-5,8-10,12-13H2,1-3H3. The number of nitrogens with zero attached hydrogens (tertiary/aromatic N) is 3. The van der Waals surface area contributed by atoms with Gasteiger partial charge < -0.3 is 14.4 Å². The Bertz CT molecular complexity index is 520. The minimum atomic E-state index is 0.0600. The average Bonchev–Trinajstić information content (AvgIpc) is 3.26. The molecule has 0 unspecified atom stereocenters. The molecule has 0 atom stereocenters. The third-order valence-corrected chi connectivity index (χ3v) is 4.17. The van der Waals surface area contributed by atoms with Crippen LogP contribution in [0.1, 0.15) is 45.2 Å². The molecule has 1 aromatic rings. The van der Waals surface area contributed by atoms with Crippen molar-refractivity contribution in [3.63, 3.8) is 0 Å². The van der Waals surface area contributed by atoms with Gasteiger partial charge in [0.15, 0.2) is 0 Å². The number of hydrogen-bond donors (Lipinski definition) is 0. The number of aromatic nitrogens is 1. The van der Waals surface area contributed by atoms with E-state index < -0.39 is 0 Å². The zero-order chi connectivity index (χ0) is 16.1. The second-order valence-corrected chi connectivity index (χ2v) is 6.03. The first-order valence-electron chi connectivity index (χ1n) is 8.24. The second kappa shape index (κ2) is 7.47. The summed E-state index contributed by atoms with van der Waals surface area (Å²) in [6, 6.07) is 4.39. The molecular formula is C17H27N3O2. The van der Waals surface area contributed by atoms with Gasteiger partial charge in [-0.3, -0.25) is 9.59 Å². The fraction of sp³-hybridized carbons (Fsp3) is 0.647. The van der Waals surface area contributed by atoms with E-state index in [0.717, 1.165) is 25.0 Å². The molecule has 0 aliphatic heterocycles. The Morgan fingerprint density at radius 3 is 2.50 bits per heavy atom. The second-order valence-electron chi connectivity index (χ2n) is 6.03. The summed E-state index contributed by atoms with van der Waals surface area (Å²) in [7, 11) is 1.99. The maximum absolute atomic E-state index is 12.7. The molecule has 1 aliphatic carbocycles. The van der Waals surface area contributed by atoms with Gasteiger partial charge in [0.2, 0.25) is 11.8 Å². The monoisotopic (exact) mass is 305 g/mol. The van der Waals surface area contributed by atoms with Crippen LogP contribution in [0.25, 0.3) is 0 Å². The van der Waals surface area contributed by atoms with Gasteiger partial charge in [-0.05, 0) is 31.4 Å². The highest BCUT2D eigenvalue weighted by atomic mass is 16.2. The van der Waals surface area contributed by atoms with Crippen LogP contribution in [0.3, 0.4) is 0 Å². The Labute approximate surface area is 132 Å². The molecule has 0 N–H and O–H groups in total. The van der Waals surface area contributed by atoms with E-state index in [9.17, 15) is 9.59 Å². The van der Waals surface area contributed by atoms with Crippen LogP contribution < -0.4 is 0 Å². The Balaban J connectivity index is 2.03. The van der Waals surface area contributed by atoms with Crippen LogP contribution in [0.5, 0.6) is 0 Å². The quantitative estimate of drug-likeness (QED) is 0.739. The van der Waals surface area contributed by atoms with Crippen molar-refractivity contribution in [3.8, 4) is 0 Å². The van der Waals surface area contributed by atoms with E-state index in [4.69, 9.17) is 0 Å². The van der Waals surface area contributed by atoms with Crippen molar-refractivity contribution in [2.75, 3.05) is 13.1 Å². The van der Waals surface area contributed by atoms with Crippen molar-refractivity contribution in [1.29, 1.82) is 0 Å². The molecule has 2 amide bonds. The molecular weight excluding hydrogens is 278 g/mol. The van der Waals surface area contributed by atoms with Gasteiger partial charge in [-0.15, -0.1) is 0 Å². The molecule has 1 aliphatic rings. The van der Waals surface area contributed by atoms with Gasteiger partial charge in [-0.1, -0.05) is 13.8 Å². The molecule has 0 saturated heterocycles. The van der Waals surface area contributed by atoms with Crippen LogP contribution in [0.15, 0.2) is 18.3 Å². The van der Waals surface area contributed by atoms with E-state index in [2.05, 4.69) is 0 Å². The van der Waals surface area contributed by atoms with Gasteiger partial charge in [0.05, 0.1) is 13.1 Å². The van der Waals surface area contributed by atoms with Gasteiger partial charge in [0, 0.05) is 37.9 Å². The molecule has 0 bridgehead atoms. The number of rotatable bonds is 8. The Hall–Kier alpha value is -1.78. The van der Waals surface area contributed by atoms with E-state index in [-0.39, 0.29) is 18.4 Å². The molecule has 0 aromatic carbocycles. The Morgan fingerprint density at radius 1 is 1.27 bits per heavy atom. The molecule has 0 spiro atoms. The van der Waals surface area contributed by atoms with Crippen molar-refractivity contribution >= 4 is 11.8 Å². The minimum Gasteiger partial charge on any atom is -0.353 e. The van der Waals surface area contributed by atoms with Gasteiger partial charge in [-0.2, -0.15) is 0 Å². The lowest BCUT2D eigenvalue weighted by Crippen LogP contribution is -2.43. The third kappa shape index (κ3) is 4.12. The molecule has 5 heteroatoms. The Kier molecular flexibility index (Phi) is 5.63. The van der Waals surface area contributed by atoms with Crippen LogP contribution in [0, 0.1) is 0 Å². The number of aryl methyl sites for hydroxylation is 1. The summed E-state index contributed by atoms with van der Waals surface area (Å²) in [6.07, 6.45) is 5.47. The van der Waals surface area contributed by atoms with Gasteiger partial charge in [0.25, 0.3) is 0 Å². The Morgan fingerprint density at radius 2 is 2.00 bits per heavy atom. The van der Waals surface area contributed by atoms with Crippen LogP contribution in [-0.2, 0) is 23.2 Å². The molecule has 2 rings (SSSR count). The topological polar surface area (TPSA) is 45.6 Å². The molecule has 1 heterocycles. The summed E-state index contributed by atoms with van der Waals surface area (Å²) in [5.74, 6) is 0.128. The molecule has 5 nitrogen and oxygen atoms in total. The van der Waals surface area contributed by atoms with Crippen LogP contribution in [0.2, 0.25) is 0 Å². The van der Waals surface area contributed by atoms with Crippen LogP contribution in [0.4, 0.5) is 0 Å². The van der Waals surface area contributed by atoms with E-state index in [1.54, 1.807) is 4.90 Å². The van der Waals surface area contributed by atoms with Crippen LogP contribution in [-0.4, -0.2) is 45.3 Å². The van der Waals surface area contributed by atoms with Gasteiger partial charge in [-0.25, -0.2) is 0 Å². The minimum absolute atomic E-state index is 0.0600. The highest BCUT2D eigenvalue weighted by Gasteiger charge is 2.33. The highest BCUT2D eigenvalue weighted by molar-refractivity contribution is 5.85. The first-order chi connectivity index (χ1) is 10.6. The number of amides is 2. The SMILES string of the molecule is CCCN(CC(=O)N(Cc1cccn1C)C1CC1)C(=O)CC. The number of hydrogen-bond acceptors (Lipinski definition) is 2. The van der Waals surface area contributed by atoms with E-state index >= 15 is 0 Å². The maximum atomic E-state index is 12.7. The molecule has 122 valence electrons. The predicted molar refractivity (Wildman–Crippen MR) is 86.1 cm³/mol. The highest BCUT2D eigenvalue weighted by Crippen LogP contribution is 2.28. The molecule has 1 aromatic heterocycles. The van der Waals surface area contributed by atoms with Crippen molar-refractivity contribution in [2.45, 2.75) is 52.1 Å². The fourth-order valence-corrected chi connectivity index (χ4v) is 2.68. The normalized spacial score (nSPS) is 14.0. The average molecular weight is 305 g/mol. The summed E-state index contributed by atoms with van der Waals surface area (Å²) in [5, 5.41) is 0. The zero-order valence-corrected chi connectivity index (χ0v) is 13.9. The molecule has 0 radical (unpaired) electrons. The van der Waals surface area contributed by atoms with Crippen molar-refractivity contribution in [1.82, 2.24) is 14.4 Å². The van der Waals surface area contributed by atoms with E-state index in [1.807, 2.05) is 48.7 Å². The smallest absolute Gasteiger partial charge is 0.242 e. The van der Waals surface area contributed by atoms with E-state index in [0.29, 0.717) is 25.6 Å². The lowest BCUT2D eigenvalue weighted by atomic mass is 10.3. The third-order valence-electron chi connectivity index (χ3n) is 4.17. The number of carbonyl (C=O) groups excluding carboxylic acids is 2.